The lowest BCUT2D eigenvalue weighted by Gasteiger charge is -2.09. The van der Waals surface area contributed by atoms with E-state index in [1.54, 1.807) is 25.1 Å². The van der Waals surface area contributed by atoms with E-state index in [1.807, 2.05) is 6.92 Å². The lowest BCUT2D eigenvalue weighted by molar-refractivity contribution is -0.384. The first-order valence-electron chi connectivity index (χ1n) is 8.01. The number of nitrogens with zero attached hydrogens (tertiary/aromatic N) is 2. The lowest BCUT2D eigenvalue weighted by Crippen LogP contribution is -2.21. The molecule has 0 saturated carbocycles. The SMILES string of the molecule is CC(CC(=O)Nc1cc(Cl)ccc1C)=NNC(=O)c1ccc([N+](=O)[O-])c(Cl)c1. The van der Waals surface area contributed by atoms with Crippen LogP contribution in [0.5, 0.6) is 0 Å². The van der Waals surface area contributed by atoms with Crippen molar-refractivity contribution < 1.29 is 14.5 Å². The molecule has 10 heteroatoms. The summed E-state index contributed by atoms with van der Waals surface area (Å²) in [5, 5.41) is 17.7. The van der Waals surface area contributed by atoms with Gasteiger partial charge in [-0.05, 0) is 43.7 Å². The molecule has 0 aliphatic carbocycles. The molecular weight excluding hydrogens is 407 g/mol. The van der Waals surface area contributed by atoms with Gasteiger partial charge in [-0.3, -0.25) is 19.7 Å². The summed E-state index contributed by atoms with van der Waals surface area (Å²) in [5.41, 5.74) is 3.90. The maximum Gasteiger partial charge on any atom is 0.287 e. The summed E-state index contributed by atoms with van der Waals surface area (Å²) in [6.45, 7) is 3.41. The Morgan fingerprint density at radius 1 is 1.18 bits per heavy atom. The maximum absolute atomic E-state index is 12.1. The molecule has 0 radical (unpaired) electrons. The van der Waals surface area contributed by atoms with Crippen molar-refractivity contribution in [3.63, 3.8) is 0 Å². The minimum absolute atomic E-state index is 0.0484. The number of aryl methyl sites for hydroxylation is 1. The first kappa shape index (κ1) is 21.3. The summed E-state index contributed by atoms with van der Waals surface area (Å²) in [6, 6.07) is 8.72. The zero-order valence-corrected chi connectivity index (χ0v) is 16.5. The van der Waals surface area contributed by atoms with E-state index in [2.05, 4.69) is 15.8 Å². The van der Waals surface area contributed by atoms with Crippen molar-refractivity contribution in [1.82, 2.24) is 5.43 Å². The van der Waals surface area contributed by atoms with Crippen LogP contribution in [0.1, 0.15) is 29.3 Å². The summed E-state index contributed by atoms with van der Waals surface area (Å²) in [4.78, 5) is 34.3. The Labute approximate surface area is 170 Å². The topological polar surface area (TPSA) is 114 Å². The second-order valence-corrected chi connectivity index (χ2v) is 6.74. The van der Waals surface area contributed by atoms with Crippen LogP contribution in [-0.4, -0.2) is 22.4 Å². The maximum atomic E-state index is 12.1. The van der Waals surface area contributed by atoms with Gasteiger partial charge < -0.3 is 5.32 Å². The van der Waals surface area contributed by atoms with Crippen LogP contribution in [0, 0.1) is 17.0 Å². The molecule has 0 spiro atoms. The molecule has 2 aromatic carbocycles. The molecule has 28 heavy (non-hydrogen) atoms. The van der Waals surface area contributed by atoms with Gasteiger partial charge in [-0.2, -0.15) is 5.10 Å². The average molecular weight is 423 g/mol. The number of nitro benzene ring substituents is 1. The number of nitro groups is 1. The Morgan fingerprint density at radius 3 is 2.54 bits per heavy atom. The van der Waals surface area contributed by atoms with Crippen molar-refractivity contribution >= 4 is 52.1 Å². The van der Waals surface area contributed by atoms with Gasteiger partial charge in [0.15, 0.2) is 0 Å². The van der Waals surface area contributed by atoms with Gasteiger partial charge in [-0.25, -0.2) is 5.43 Å². The molecule has 0 aliphatic rings. The van der Waals surface area contributed by atoms with Crippen molar-refractivity contribution in [2.24, 2.45) is 5.10 Å². The van der Waals surface area contributed by atoms with Gasteiger partial charge in [0.05, 0.1) is 11.3 Å². The zero-order chi connectivity index (χ0) is 20.8. The second kappa shape index (κ2) is 9.29. The van der Waals surface area contributed by atoms with Crippen LogP contribution in [0.4, 0.5) is 11.4 Å². The second-order valence-electron chi connectivity index (χ2n) is 5.90. The molecule has 0 saturated heterocycles. The molecule has 0 aromatic heterocycles. The molecular formula is C18H16Cl2N4O4. The van der Waals surface area contributed by atoms with Crippen LogP contribution in [0.25, 0.3) is 0 Å². The third-order valence-electron chi connectivity index (χ3n) is 3.64. The molecule has 2 rings (SSSR count). The Balaban J connectivity index is 1.97. The highest BCUT2D eigenvalue weighted by atomic mass is 35.5. The van der Waals surface area contributed by atoms with Gasteiger partial charge in [0.25, 0.3) is 11.6 Å². The molecule has 0 atom stereocenters. The highest BCUT2D eigenvalue weighted by molar-refractivity contribution is 6.33. The van der Waals surface area contributed by atoms with E-state index in [1.165, 1.54) is 12.1 Å². The number of amides is 2. The van der Waals surface area contributed by atoms with Gasteiger partial charge in [0.2, 0.25) is 5.91 Å². The number of halogens is 2. The first-order chi connectivity index (χ1) is 13.2. The number of benzene rings is 2. The van der Waals surface area contributed by atoms with E-state index in [0.29, 0.717) is 16.4 Å². The van der Waals surface area contributed by atoms with Crippen LogP contribution in [0.15, 0.2) is 41.5 Å². The predicted molar refractivity (Wildman–Crippen MR) is 108 cm³/mol. The quantitative estimate of drug-likeness (QED) is 0.409. The van der Waals surface area contributed by atoms with Crippen molar-refractivity contribution in [1.29, 1.82) is 0 Å². The van der Waals surface area contributed by atoms with Gasteiger partial charge in [0.1, 0.15) is 5.02 Å². The van der Waals surface area contributed by atoms with Crippen LogP contribution >= 0.6 is 23.2 Å². The number of hydrazone groups is 1. The third kappa shape index (κ3) is 5.77. The van der Waals surface area contributed by atoms with Crippen LogP contribution in [0.3, 0.4) is 0 Å². The molecule has 8 nitrogen and oxygen atoms in total. The average Bonchev–Trinajstić information content (AvgIpc) is 2.62. The molecule has 0 aliphatic heterocycles. The fourth-order valence-corrected chi connectivity index (χ4v) is 2.62. The number of nitrogens with one attached hydrogen (secondary N) is 2. The van der Waals surface area contributed by atoms with Crippen molar-refractivity contribution in [2.75, 3.05) is 5.32 Å². The van der Waals surface area contributed by atoms with Crippen LogP contribution < -0.4 is 10.7 Å². The highest BCUT2D eigenvalue weighted by Gasteiger charge is 2.15. The Hall–Kier alpha value is -2.97. The molecule has 2 amide bonds. The highest BCUT2D eigenvalue weighted by Crippen LogP contribution is 2.25. The summed E-state index contributed by atoms with van der Waals surface area (Å²) < 4.78 is 0. The largest absolute Gasteiger partial charge is 0.325 e. The molecule has 0 heterocycles. The number of anilines is 1. The van der Waals surface area contributed by atoms with Gasteiger partial charge >= 0.3 is 0 Å². The Morgan fingerprint density at radius 2 is 1.89 bits per heavy atom. The number of rotatable bonds is 6. The molecule has 0 bridgehead atoms. The molecule has 2 N–H and O–H groups in total. The van der Waals surface area contributed by atoms with Gasteiger partial charge in [-0.15, -0.1) is 0 Å². The Bertz CT molecular complexity index is 976. The number of carbonyl (C=O) groups excluding carboxylic acids is 2. The monoisotopic (exact) mass is 422 g/mol. The van der Waals surface area contributed by atoms with Crippen LogP contribution in [0.2, 0.25) is 10.0 Å². The third-order valence-corrected chi connectivity index (χ3v) is 4.18. The number of hydrogen-bond donors (Lipinski definition) is 2. The number of hydrogen-bond acceptors (Lipinski definition) is 5. The fourth-order valence-electron chi connectivity index (χ4n) is 2.20. The minimum Gasteiger partial charge on any atom is -0.325 e. The van der Waals surface area contributed by atoms with Crippen molar-refractivity contribution in [3.05, 3.63) is 67.7 Å². The first-order valence-corrected chi connectivity index (χ1v) is 8.76. The van der Waals surface area contributed by atoms with E-state index >= 15 is 0 Å². The number of carbonyl (C=O) groups is 2. The summed E-state index contributed by atoms with van der Waals surface area (Å²) in [7, 11) is 0. The Kier molecular flexibility index (Phi) is 7.08. The standard InChI is InChI=1S/C18H16Cl2N4O4/c1-10-3-5-13(19)9-15(10)21-17(25)7-11(2)22-23-18(26)12-4-6-16(24(27)28)14(20)8-12/h3-6,8-9H,7H2,1-2H3,(H,21,25)(H,23,26). The predicted octanol–water partition coefficient (Wildman–Crippen LogP) is 4.34. The smallest absolute Gasteiger partial charge is 0.287 e. The summed E-state index contributed by atoms with van der Waals surface area (Å²) >= 11 is 11.7. The van der Waals surface area contributed by atoms with E-state index < -0.39 is 10.8 Å². The van der Waals surface area contributed by atoms with E-state index in [4.69, 9.17) is 23.2 Å². The van der Waals surface area contributed by atoms with E-state index in [-0.39, 0.29) is 28.6 Å². The molecule has 2 aromatic rings. The van der Waals surface area contributed by atoms with Crippen molar-refractivity contribution in [3.8, 4) is 0 Å². The summed E-state index contributed by atoms with van der Waals surface area (Å²) in [6.07, 6.45) is -0.0484. The normalized spacial score (nSPS) is 11.1. The molecule has 0 unspecified atom stereocenters. The summed E-state index contributed by atoms with van der Waals surface area (Å²) in [5.74, 6) is -0.929. The fraction of sp³-hybridized carbons (Fsp3) is 0.167. The van der Waals surface area contributed by atoms with Crippen LogP contribution in [-0.2, 0) is 4.79 Å². The molecule has 146 valence electrons. The van der Waals surface area contributed by atoms with Crippen molar-refractivity contribution in [2.45, 2.75) is 20.3 Å². The van der Waals surface area contributed by atoms with Gasteiger partial charge in [-0.1, -0.05) is 29.3 Å². The van der Waals surface area contributed by atoms with E-state index in [0.717, 1.165) is 11.6 Å². The van der Waals surface area contributed by atoms with E-state index in [9.17, 15) is 19.7 Å². The van der Waals surface area contributed by atoms with Gasteiger partial charge in [0, 0.05) is 28.1 Å². The zero-order valence-electron chi connectivity index (χ0n) is 15.0. The lowest BCUT2D eigenvalue weighted by atomic mass is 10.2. The minimum atomic E-state index is -0.646. The molecule has 0 fully saturated rings.